The Morgan fingerprint density at radius 3 is 2.46 bits per heavy atom. The lowest BCUT2D eigenvalue weighted by Crippen LogP contribution is -2.34. The van der Waals surface area contributed by atoms with E-state index in [0.29, 0.717) is 23.2 Å². The first-order chi connectivity index (χ1) is 18.8. The molecule has 0 saturated carbocycles. The number of anilines is 2. The van der Waals surface area contributed by atoms with Gasteiger partial charge in [0, 0.05) is 31.0 Å². The molecule has 1 saturated heterocycles. The number of nitrogens with one attached hydrogen (secondary N) is 1. The van der Waals surface area contributed by atoms with Gasteiger partial charge in [-0.25, -0.2) is 4.98 Å². The maximum absolute atomic E-state index is 13.7. The van der Waals surface area contributed by atoms with Crippen LogP contribution in [0, 0.1) is 23.7 Å². The molecule has 0 aliphatic carbocycles. The van der Waals surface area contributed by atoms with Gasteiger partial charge in [0.25, 0.3) is 5.91 Å². The lowest BCUT2D eigenvalue weighted by atomic mass is 10.1. The zero-order valence-corrected chi connectivity index (χ0v) is 24.2. The molecule has 2 aromatic heterocycles. The van der Waals surface area contributed by atoms with Crippen LogP contribution in [0.5, 0.6) is 5.75 Å². The summed E-state index contributed by atoms with van der Waals surface area (Å²) in [5.74, 6) is 9.31. The van der Waals surface area contributed by atoms with Crippen molar-refractivity contribution in [3.8, 4) is 17.6 Å². The third-order valence-electron chi connectivity index (χ3n) is 7.15. The molecule has 1 aliphatic rings. The number of fused-ring (bicyclic) bond motifs is 1. The molecular formula is C32H43N5O2. The topological polar surface area (TPSA) is 62.1 Å². The summed E-state index contributed by atoms with van der Waals surface area (Å²) in [6.07, 6.45) is 6.34. The Labute approximate surface area is 233 Å². The highest BCUT2D eigenvalue weighted by atomic mass is 16.5. The maximum atomic E-state index is 13.7. The third-order valence-corrected chi connectivity index (χ3v) is 7.15. The Bertz CT molecular complexity index is 1300. The second kappa shape index (κ2) is 13.5. The minimum atomic E-state index is 0.0604. The SMILES string of the molecule is COc1cccc(Nc2nc3ccc(C(=O)N(CCC(C)C)CCC(C)C)cn3c2C#CCN2CCCC2)c1. The van der Waals surface area contributed by atoms with E-state index in [2.05, 4.69) is 49.8 Å². The molecule has 1 N–H and O–H groups in total. The summed E-state index contributed by atoms with van der Waals surface area (Å²) in [6.45, 7) is 13.2. The van der Waals surface area contributed by atoms with Crippen molar-refractivity contribution < 1.29 is 9.53 Å². The van der Waals surface area contributed by atoms with Crippen molar-refractivity contribution >= 4 is 23.1 Å². The Morgan fingerprint density at radius 2 is 1.79 bits per heavy atom. The fraction of sp³-hybridized carbons (Fsp3) is 0.500. The van der Waals surface area contributed by atoms with E-state index >= 15 is 0 Å². The van der Waals surface area contributed by atoms with Crippen LogP contribution in [0.1, 0.15) is 69.4 Å². The highest BCUT2D eigenvalue weighted by Gasteiger charge is 2.19. The van der Waals surface area contributed by atoms with Gasteiger partial charge >= 0.3 is 0 Å². The molecule has 39 heavy (non-hydrogen) atoms. The molecule has 1 aliphatic heterocycles. The molecule has 1 fully saturated rings. The third kappa shape index (κ3) is 7.77. The quantitative estimate of drug-likeness (QED) is 0.306. The summed E-state index contributed by atoms with van der Waals surface area (Å²) in [4.78, 5) is 22.9. The molecule has 3 aromatic rings. The number of ether oxygens (including phenoxy) is 1. The number of carbonyl (C=O) groups is 1. The van der Waals surface area contributed by atoms with Crippen LogP contribution in [0.2, 0.25) is 0 Å². The molecular weight excluding hydrogens is 486 g/mol. The van der Waals surface area contributed by atoms with E-state index in [9.17, 15) is 4.79 Å². The number of likely N-dealkylation sites (tertiary alicyclic amines) is 1. The summed E-state index contributed by atoms with van der Waals surface area (Å²) in [7, 11) is 1.66. The maximum Gasteiger partial charge on any atom is 0.255 e. The number of pyridine rings is 1. The van der Waals surface area contributed by atoms with Crippen molar-refractivity contribution in [2.45, 2.75) is 53.4 Å². The standard InChI is InChI=1S/C32H43N5O2/c1-24(2)15-20-36(21-16-25(3)4)32(38)26-13-14-30-34-31(33-27-10-8-11-28(22-27)39-5)29(37(30)23-26)12-9-19-35-17-6-7-18-35/h8,10-11,13-14,22-25,33H,6-7,15-21H2,1-5H3. The van der Waals surface area contributed by atoms with Crippen LogP contribution in [-0.2, 0) is 0 Å². The van der Waals surface area contributed by atoms with Crippen LogP contribution in [0.4, 0.5) is 11.5 Å². The minimum Gasteiger partial charge on any atom is -0.497 e. The number of carbonyl (C=O) groups excluding carboxylic acids is 1. The first-order valence-electron chi connectivity index (χ1n) is 14.3. The predicted molar refractivity (Wildman–Crippen MR) is 159 cm³/mol. The Kier molecular flexibility index (Phi) is 9.89. The van der Waals surface area contributed by atoms with Gasteiger partial charge in [-0.05, 0) is 80.8 Å². The predicted octanol–water partition coefficient (Wildman–Crippen LogP) is 6.07. The molecule has 0 atom stereocenters. The molecule has 0 radical (unpaired) electrons. The summed E-state index contributed by atoms with van der Waals surface area (Å²) in [5, 5.41) is 3.43. The smallest absolute Gasteiger partial charge is 0.255 e. The number of amides is 1. The summed E-state index contributed by atoms with van der Waals surface area (Å²) in [6, 6.07) is 11.6. The number of hydrogen-bond donors (Lipinski definition) is 1. The zero-order valence-electron chi connectivity index (χ0n) is 24.2. The van der Waals surface area contributed by atoms with Gasteiger partial charge < -0.3 is 15.0 Å². The van der Waals surface area contributed by atoms with Crippen LogP contribution in [0.3, 0.4) is 0 Å². The monoisotopic (exact) mass is 529 g/mol. The van der Waals surface area contributed by atoms with Crippen molar-refractivity contribution in [2.24, 2.45) is 11.8 Å². The van der Waals surface area contributed by atoms with E-state index < -0.39 is 0 Å². The molecule has 0 unspecified atom stereocenters. The second-order valence-electron chi connectivity index (χ2n) is 11.3. The number of imidazole rings is 1. The van der Waals surface area contributed by atoms with E-state index in [4.69, 9.17) is 9.72 Å². The van der Waals surface area contributed by atoms with Crippen molar-refractivity contribution in [1.82, 2.24) is 19.2 Å². The zero-order chi connectivity index (χ0) is 27.8. The first-order valence-corrected chi connectivity index (χ1v) is 14.3. The van der Waals surface area contributed by atoms with Gasteiger partial charge in [0.1, 0.15) is 17.1 Å². The molecule has 1 amide bonds. The summed E-state index contributed by atoms with van der Waals surface area (Å²) in [5.41, 5.74) is 3.02. The van der Waals surface area contributed by atoms with Gasteiger partial charge in [0.15, 0.2) is 5.82 Å². The number of benzene rings is 1. The van der Waals surface area contributed by atoms with Crippen LogP contribution < -0.4 is 10.1 Å². The van der Waals surface area contributed by atoms with E-state index in [1.807, 2.05) is 51.9 Å². The number of rotatable bonds is 11. The number of nitrogens with zero attached hydrogens (tertiary/aromatic N) is 4. The number of hydrogen-bond acceptors (Lipinski definition) is 5. The summed E-state index contributed by atoms with van der Waals surface area (Å²) < 4.78 is 7.35. The second-order valence-corrected chi connectivity index (χ2v) is 11.3. The fourth-order valence-electron chi connectivity index (χ4n) is 4.72. The number of methoxy groups -OCH3 is 1. The van der Waals surface area contributed by atoms with Gasteiger partial charge in [-0.15, -0.1) is 0 Å². The average Bonchev–Trinajstić information content (AvgIpc) is 3.56. The molecule has 0 bridgehead atoms. The van der Waals surface area contributed by atoms with E-state index in [0.717, 1.165) is 68.3 Å². The summed E-state index contributed by atoms with van der Waals surface area (Å²) >= 11 is 0. The van der Waals surface area contributed by atoms with Crippen molar-refractivity contribution in [2.75, 3.05) is 45.2 Å². The van der Waals surface area contributed by atoms with Gasteiger partial charge in [-0.3, -0.25) is 14.1 Å². The van der Waals surface area contributed by atoms with E-state index in [1.54, 1.807) is 7.11 Å². The molecule has 3 heterocycles. The average molecular weight is 530 g/mol. The van der Waals surface area contributed by atoms with Crippen molar-refractivity contribution in [1.29, 1.82) is 0 Å². The molecule has 0 spiro atoms. The van der Waals surface area contributed by atoms with Crippen LogP contribution in [0.15, 0.2) is 42.6 Å². The van der Waals surface area contributed by atoms with E-state index in [1.165, 1.54) is 12.8 Å². The Hall–Kier alpha value is -3.50. The highest BCUT2D eigenvalue weighted by Crippen LogP contribution is 2.25. The van der Waals surface area contributed by atoms with Crippen molar-refractivity contribution in [3.63, 3.8) is 0 Å². The largest absolute Gasteiger partial charge is 0.497 e. The Balaban J connectivity index is 1.68. The van der Waals surface area contributed by atoms with Crippen molar-refractivity contribution in [3.05, 3.63) is 53.9 Å². The van der Waals surface area contributed by atoms with Crippen LogP contribution in [-0.4, -0.2) is 64.9 Å². The minimum absolute atomic E-state index is 0.0604. The van der Waals surface area contributed by atoms with Crippen LogP contribution in [0.25, 0.3) is 5.65 Å². The molecule has 1 aromatic carbocycles. The highest BCUT2D eigenvalue weighted by molar-refractivity contribution is 5.94. The van der Waals surface area contributed by atoms with Gasteiger partial charge in [-0.2, -0.15) is 0 Å². The van der Waals surface area contributed by atoms with Crippen LogP contribution >= 0.6 is 0 Å². The Morgan fingerprint density at radius 1 is 1.08 bits per heavy atom. The molecule has 7 nitrogen and oxygen atoms in total. The first kappa shape index (κ1) is 28.5. The lowest BCUT2D eigenvalue weighted by Gasteiger charge is -2.24. The van der Waals surface area contributed by atoms with Gasteiger partial charge in [0.05, 0.1) is 19.2 Å². The fourth-order valence-corrected chi connectivity index (χ4v) is 4.72. The lowest BCUT2D eigenvalue weighted by molar-refractivity contribution is 0.0740. The molecule has 7 heteroatoms. The normalized spacial score (nSPS) is 13.6. The van der Waals surface area contributed by atoms with Gasteiger partial charge in [-0.1, -0.05) is 39.7 Å². The van der Waals surface area contributed by atoms with Gasteiger partial charge in [0.2, 0.25) is 0 Å². The molecule has 4 rings (SSSR count). The number of aromatic nitrogens is 2. The molecule has 208 valence electrons. The van der Waals surface area contributed by atoms with E-state index in [-0.39, 0.29) is 5.91 Å².